The number of rotatable bonds is 6. The SMILES string of the molecule is O=C(O)NCCOc1ccc2c(F)c(N3SNC(=O)C3C3CCCO3)c(O)cc2c1. The Balaban J connectivity index is 1.61. The molecule has 2 aliphatic heterocycles. The summed E-state index contributed by atoms with van der Waals surface area (Å²) in [6.07, 6.45) is -0.0118. The van der Waals surface area contributed by atoms with Crippen LogP contribution in [0.3, 0.4) is 0 Å². The van der Waals surface area contributed by atoms with E-state index >= 15 is 4.39 Å². The molecule has 2 aromatic carbocycles. The maximum absolute atomic E-state index is 15.4. The summed E-state index contributed by atoms with van der Waals surface area (Å²) in [4.78, 5) is 22.8. The molecule has 2 saturated heterocycles. The number of aromatic hydroxyl groups is 1. The van der Waals surface area contributed by atoms with Crippen molar-refractivity contribution < 1.29 is 33.7 Å². The molecule has 0 aliphatic carbocycles. The van der Waals surface area contributed by atoms with Gasteiger partial charge in [-0.2, -0.15) is 0 Å². The van der Waals surface area contributed by atoms with Crippen molar-refractivity contribution in [3.63, 3.8) is 0 Å². The molecule has 2 heterocycles. The molecule has 2 aliphatic rings. The van der Waals surface area contributed by atoms with Gasteiger partial charge in [0.15, 0.2) is 5.82 Å². The minimum atomic E-state index is -1.15. The lowest BCUT2D eigenvalue weighted by Gasteiger charge is -2.27. The first-order valence-corrected chi connectivity index (χ1v) is 10.2. The Labute approximate surface area is 175 Å². The van der Waals surface area contributed by atoms with Gasteiger partial charge in [0, 0.05) is 12.0 Å². The summed E-state index contributed by atoms with van der Waals surface area (Å²) in [7, 11) is 0. The zero-order chi connectivity index (χ0) is 21.3. The lowest BCUT2D eigenvalue weighted by molar-refractivity contribution is -0.122. The summed E-state index contributed by atoms with van der Waals surface area (Å²) in [5.41, 5.74) is -0.0781. The summed E-state index contributed by atoms with van der Waals surface area (Å²) < 4.78 is 30.5. The van der Waals surface area contributed by atoms with E-state index in [0.29, 0.717) is 24.2 Å². The van der Waals surface area contributed by atoms with E-state index in [0.717, 1.165) is 18.6 Å². The molecule has 2 fully saturated rings. The summed E-state index contributed by atoms with van der Waals surface area (Å²) >= 11 is 0.929. The van der Waals surface area contributed by atoms with Crippen molar-refractivity contribution in [1.82, 2.24) is 10.0 Å². The number of carboxylic acid groups (broad SMARTS) is 1. The fourth-order valence-corrected chi connectivity index (χ4v) is 4.54. The molecule has 11 heteroatoms. The number of ether oxygens (including phenoxy) is 2. The smallest absolute Gasteiger partial charge is 0.404 e. The Morgan fingerprint density at radius 2 is 2.27 bits per heavy atom. The summed E-state index contributed by atoms with van der Waals surface area (Å²) in [5.74, 6) is -0.844. The van der Waals surface area contributed by atoms with Crippen LogP contribution in [-0.4, -0.2) is 54.1 Å². The molecule has 2 unspecified atom stereocenters. The van der Waals surface area contributed by atoms with Gasteiger partial charge in [-0.15, -0.1) is 0 Å². The number of phenolic OH excluding ortho intramolecular Hbond substituents is 1. The van der Waals surface area contributed by atoms with Crippen LogP contribution in [0.2, 0.25) is 0 Å². The molecule has 2 amide bonds. The number of halogens is 1. The Bertz CT molecular complexity index is 984. The molecule has 0 bridgehead atoms. The third-order valence-electron chi connectivity index (χ3n) is 4.95. The zero-order valence-corrected chi connectivity index (χ0v) is 16.6. The molecule has 2 aromatic rings. The number of hydrogen-bond donors (Lipinski definition) is 4. The molecule has 0 saturated carbocycles. The summed E-state index contributed by atoms with van der Waals surface area (Å²) in [6, 6.07) is 5.31. The Morgan fingerprint density at radius 1 is 1.43 bits per heavy atom. The van der Waals surface area contributed by atoms with Gasteiger partial charge in [0.25, 0.3) is 5.91 Å². The summed E-state index contributed by atoms with van der Waals surface area (Å²) in [5, 5.41) is 22.0. The highest BCUT2D eigenvalue weighted by Gasteiger charge is 2.44. The number of nitrogens with zero attached hydrogens (tertiary/aromatic N) is 1. The van der Waals surface area contributed by atoms with E-state index in [1.165, 1.54) is 16.4 Å². The van der Waals surface area contributed by atoms with Crippen LogP contribution in [0.25, 0.3) is 10.8 Å². The standard InChI is InChI=1S/C19H20FN3O6S/c20-15-12-4-3-11(28-7-5-21-19(26)27)8-10(12)9-13(24)16(15)23-17(18(25)22-30-23)14-2-1-6-29-14/h3-4,8-9,14,17,21,24H,1-2,5-7H2,(H,22,25)(H,26,27). The van der Waals surface area contributed by atoms with Crippen molar-refractivity contribution in [2.24, 2.45) is 0 Å². The maximum atomic E-state index is 15.4. The minimum Gasteiger partial charge on any atom is -0.506 e. The first-order chi connectivity index (χ1) is 14.5. The average Bonchev–Trinajstić information content (AvgIpc) is 3.34. The topological polar surface area (TPSA) is 120 Å². The van der Waals surface area contributed by atoms with Gasteiger partial charge >= 0.3 is 6.09 Å². The zero-order valence-electron chi connectivity index (χ0n) is 15.8. The molecule has 0 aromatic heterocycles. The van der Waals surface area contributed by atoms with Crippen molar-refractivity contribution in [2.45, 2.75) is 25.0 Å². The van der Waals surface area contributed by atoms with Crippen LogP contribution in [0.5, 0.6) is 11.5 Å². The number of anilines is 1. The number of fused-ring (bicyclic) bond motifs is 1. The molecule has 0 spiro atoms. The number of amides is 2. The first-order valence-electron chi connectivity index (χ1n) is 9.38. The number of phenols is 1. The average molecular weight is 437 g/mol. The van der Waals surface area contributed by atoms with Gasteiger partial charge in [-0.05, 0) is 42.5 Å². The van der Waals surface area contributed by atoms with Crippen molar-refractivity contribution in [3.05, 3.63) is 30.1 Å². The molecule has 4 rings (SSSR count). The molecular weight excluding hydrogens is 417 g/mol. The van der Waals surface area contributed by atoms with Gasteiger partial charge in [-0.1, -0.05) is 0 Å². The number of carbonyl (C=O) groups excluding carboxylic acids is 1. The van der Waals surface area contributed by atoms with E-state index in [-0.39, 0.29) is 42.0 Å². The van der Waals surface area contributed by atoms with E-state index < -0.39 is 18.0 Å². The first kappa shape index (κ1) is 20.4. The van der Waals surface area contributed by atoms with Crippen LogP contribution in [0.15, 0.2) is 24.3 Å². The van der Waals surface area contributed by atoms with Crippen LogP contribution in [0.4, 0.5) is 14.9 Å². The second kappa shape index (κ2) is 8.44. The quantitative estimate of drug-likeness (QED) is 0.402. The number of nitrogens with one attached hydrogen (secondary N) is 2. The highest BCUT2D eigenvalue weighted by atomic mass is 32.2. The largest absolute Gasteiger partial charge is 0.506 e. The molecule has 9 nitrogen and oxygen atoms in total. The fraction of sp³-hybridized carbons (Fsp3) is 0.368. The number of carbonyl (C=O) groups is 2. The molecule has 4 N–H and O–H groups in total. The molecule has 0 radical (unpaired) electrons. The highest BCUT2D eigenvalue weighted by molar-refractivity contribution is 7.99. The van der Waals surface area contributed by atoms with Gasteiger partial charge in [0.05, 0.1) is 24.8 Å². The van der Waals surface area contributed by atoms with Crippen molar-refractivity contribution >= 4 is 40.6 Å². The van der Waals surface area contributed by atoms with Crippen LogP contribution < -0.4 is 19.1 Å². The number of benzene rings is 2. The van der Waals surface area contributed by atoms with Gasteiger partial charge in [0.1, 0.15) is 29.8 Å². The highest BCUT2D eigenvalue weighted by Crippen LogP contribution is 2.43. The van der Waals surface area contributed by atoms with Crippen molar-refractivity contribution in [2.75, 3.05) is 24.1 Å². The van der Waals surface area contributed by atoms with E-state index in [1.54, 1.807) is 12.1 Å². The fourth-order valence-electron chi connectivity index (χ4n) is 3.62. The van der Waals surface area contributed by atoms with Crippen molar-refractivity contribution in [3.8, 4) is 11.5 Å². The van der Waals surface area contributed by atoms with E-state index in [2.05, 4.69) is 10.0 Å². The van der Waals surface area contributed by atoms with Gasteiger partial charge in [-0.25, -0.2) is 9.18 Å². The Kier molecular flexibility index (Phi) is 5.73. The monoisotopic (exact) mass is 437 g/mol. The van der Waals surface area contributed by atoms with Gasteiger partial charge < -0.3 is 25.0 Å². The minimum absolute atomic E-state index is 0.0781. The van der Waals surface area contributed by atoms with Gasteiger partial charge in [0.2, 0.25) is 0 Å². The van der Waals surface area contributed by atoms with E-state index in [1.807, 2.05) is 0 Å². The van der Waals surface area contributed by atoms with Crippen molar-refractivity contribution in [1.29, 1.82) is 0 Å². The molecule has 2 atom stereocenters. The Morgan fingerprint density at radius 3 is 3.00 bits per heavy atom. The third-order valence-corrected chi connectivity index (χ3v) is 5.85. The van der Waals surface area contributed by atoms with Crippen LogP contribution in [0.1, 0.15) is 12.8 Å². The Hall–Kier alpha value is -2.92. The molecule has 30 heavy (non-hydrogen) atoms. The second-order valence-corrected chi connectivity index (χ2v) is 7.68. The molecular formula is C19H20FN3O6S. The normalized spacial score (nSPS) is 21.1. The van der Waals surface area contributed by atoms with E-state index in [9.17, 15) is 14.7 Å². The maximum Gasteiger partial charge on any atom is 0.404 e. The predicted molar refractivity (Wildman–Crippen MR) is 108 cm³/mol. The van der Waals surface area contributed by atoms with Crippen LogP contribution in [0, 0.1) is 5.82 Å². The molecule has 160 valence electrons. The van der Waals surface area contributed by atoms with Crippen LogP contribution >= 0.6 is 12.1 Å². The predicted octanol–water partition coefficient (Wildman–Crippen LogP) is 2.38. The van der Waals surface area contributed by atoms with Gasteiger partial charge in [-0.3, -0.25) is 13.8 Å². The lowest BCUT2D eigenvalue weighted by atomic mass is 10.0. The second-order valence-electron chi connectivity index (χ2n) is 6.90. The van der Waals surface area contributed by atoms with E-state index in [4.69, 9.17) is 14.6 Å². The lowest BCUT2D eigenvalue weighted by Crippen LogP contribution is -2.42. The number of hydrogen-bond acceptors (Lipinski definition) is 7. The third kappa shape index (κ3) is 3.90. The van der Waals surface area contributed by atoms with Crippen LogP contribution in [-0.2, 0) is 9.53 Å². The summed E-state index contributed by atoms with van der Waals surface area (Å²) in [6.45, 7) is 0.749.